The van der Waals surface area contributed by atoms with Gasteiger partial charge in [0.15, 0.2) is 0 Å². The van der Waals surface area contributed by atoms with Gasteiger partial charge in [0, 0.05) is 4.88 Å². The normalized spacial score (nSPS) is 12.6. The highest BCUT2D eigenvalue weighted by molar-refractivity contribution is 7.16. The summed E-state index contributed by atoms with van der Waals surface area (Å²) in [6.45, 7) is 7.35. The third kappa shape index (κ3) is 3.19. The summed E-state index contributed by atoms with van der Waals surface area (Å²) in [4.78, 5) is 1.30. The number of aryl methyl sites for hydroxylation is 2. The molecule has 1 aromatic carbocycles. The van der Waals surface area contributed by atoms with E-state index >= 15 is 0 Å². The van der Waals surface area contributed by atoms with Gasteiger partial charge < -0.3 is 5.32 Å². The summed E-state index contributed by atoms with van der Waals surface area (Å²) in [5, 5.41) is 3.58. The maximum absolute atomic E-state index is 6.23. The average molecular weight is 294 g/mol. The van der Waals surface area contributed by atoms with E-state index in [4.69, 9.17) is 11.6 Å². The molecular weight excluding hydrogens is 274 g/mol. The lowest BCUT2D eigenvalue weighted by Crippen LogP contribution is -2.22. The van der Waals surface area contributed by atoms with Crippen molar-refractivity contribution < 1.29 is 0 Å². The van der Waals surface area contributed by atoms with Crippen molar-refractivity contribution in [2.24, 2.45) is 0 Å². The largest absolute Gasteiger partial charge is 0.306 e. The van der Waals surface area contributed by atoms with Crippen molar-refractivity contribution in [1.82, 2.24) is 5.32 Å². The van der Waals surface area contributed by atoms with E-state index in [1.54, 1.807) is 11.3 Å². The molecule has 1 unspecified atom stereocenters. The van der Waals surface area contributed by atoms with E-state index in [2.05, 4.69) is 56.4 Å². The smallest absolute Gasteiger partial charge is 0.0961 e. The molecule has 0 aliphatic carbocycles. The molecule has 0 amide bonds. The van der Waals surface area contributed by atoms with Gasteiger partial charge in [0.1, 0.15) is 0 Å². The summed E-state index contributed by atoms with van der Waals surface area (Å²) >= 11 is 7.90. The highest BCUT2D eigenvalue weighted by atomic mass is 35.5. The van der Waals surface area contributed by atoms with Crippen molar-refractivity contribution in [3.8, 4) is 0 Å². The number of hydrogen-bond acceptors (Lipinski definition) is 2. The Morgan fingerprint density at radius 2 is 2.00 bits per heavy atom. The van der Waals surface area contributed by atoms with Gasteiger partial charge in [-0.15, -0.1) is 11.3 Å². The van der Waals surface area contributed by atoms with Crippen molar-refractivity contribution in [1.29, 1.82) is 0 Å². The Hall–Kier alpha value is -0.830. The van der Waals surface area contributed by atoms with Gasteiger partial charge in [0.25, 0.3) is 0 Å². The first-order valence-corrected chi connectivity index (χ1v) is 7.93. The first kappa shape index (κ1) is 14.6. The van der Waals surface area contributed by atoms with E-state index < -0.39 is 0 Å². The second-order valence-electron chi connectivity index (χ2n) is 4.65. The lowest BCUT2D eigenvalue weighted by Gasteiger charge is -2.20. The second kappa shape index (κ2) is 6.56. The van der Waals surface area contributed by atoms with Gasteiger partial charge in [-0.2, -0.15) is 0 Å². The fourth-order valence-corrected chi connectivity index (χ4v) is 3.64. The van der Waals surface area contributed by atoms with Gasteiger partial charge in [0.2, 0.25) is 0 Å². The van der Waals surface area contributed by atoms with Crippen LogP contribution in [0.4, 0.5) is 0 Å². The fourth-order valence-electron chi connectivity index (χ4n) is 2.33. The molecule has 1 heterocycles. The summed E-state index contributed by atoms with van der Waals surface area (Å²) < 4.78 is 0.895. The number of halogens is 1. The molecule has 3 heteroatoms. The maximum atomic E-state index is 6.23. The summed E-state index contributed by atoms with van der Waals surface area (Å²) in [6, 6.07) is 11.1. The Kier molecular flexibility index (Phi) is 5.03. The molecule has 102 valence electrons. The zero-order valence-corrected chi connectivity index (χ0v) is 13.2. The van der Waals surface area contributed by atoms with E-state index in [1.165, 1.54) is 21.6 Å². The highest BCUT2D eigenvalue weighted by Crippen LogP contribution is 2.35. The lowest BCUT2D eigenvalue weighted by molar-refractivity contribution is 0.634. The van der Waals surface area contributed by atoms with Crippen molar-refractivity contribution in [2.45, 2.75) is 33.2 Å². The van der Waals surface area contributed by atoms with Crippen molar-refractivity contribution in [2.75, 3.05) is 6.54 Å². The van der Waals surface area contributed by atoms with Crippen LogP contribution in [0, 0.1) is 6.92 Å². The molecule has 2 aromatic rings. The van der Waals surface area contributed by atoms with Gasteiger partial charge in [-0.3, -0.25) is 0 Å². The minimum Gasteiger partial charge on any atom is -0.306 e. The Morgan fingerprint density at radius 3 is 2.58 bits per heavy atom. The van der Waals surface area contributed by atoms with E-state index in [9.17, 15) is 0 Å². The van der Waals surface area contributed by atoms with Gasteiger partial charge >= 0.3 is 0 Å². The molecule has 0 saturated carbocycles. The van der Waals surface area contributed by atoms with Gasteiger partial charge in [-0.25, -0.2) is 0 Å². The van der Waals surface area contributed by atoms with E-state index in [0.717, 1.165) is 17.3 Å². The van der Waals surface area contributed by atoms with E-state index in [1.807, 2.05) is 0 Å². The van der Waals surface area contributed by atoms with Gasteiger partial charge in [-0.05, 0) is 42.6 Å². The van der Waals surface area contributed by atoms with E-state index in [0.29, 0.717) is 0 Å². The van der Waals surface area contributed by atoms with Crippen molar-refractivity contribution in [3.63, 3.8) is 0 Å². The standard InChI is InChI=1S/C16H20ClNS/c1-4-12-8-6-7-9-13(12)15(18-5-2)14-10-11(3)16(17)19-14/h6-10,15,18H,4-5H2,1-3H3. The summed E-state index contributed by atoms with van der Waals surface area (Å²) in [6.07, 6.45) is 1.05. The Labute approximate surface area is 124 Å². The first-order valence-electron chi connectivity index (χ1n) is 6.74. The van der Waals surface area contributed by atoms with Crippen LogP contribution in [0.3, 0.4) is 0 Å². The Morgan fingerprint density at radius 1 is 1.26 bits per heavy atom. The lowest BCUT2D eigenvalue weighted by atomic mass is 9.97. The quantitative estimate of drug-likeness (QED) is 0.820. The molecule has 0 fully saturated rings. The molecule has 2 rings (SSSR count). The Balaban J connectivity index is 2.44. The number of hydrogen-bond donors (Lipinski definition) is 1. The topological polar surface area (TPSA) is 12.0 Å². The van der Waals surface area contributed by atoms with Crippen LogP contribution in [0.2, 0.25) is 4.34 Å². The third-order valence-electron chi connectivity index (χ3n) is 3.32. The molecule has 0 spiro atoms. The van der Waals surface area contributed by atoms with Crippen LogP contribution in [0.5, 0.6) is 0 Å². The van der Waals surface area contributed by atoms with Crippen LogP contribution in [0.15, 0.2) is 30.3 Å². The zero-order chi connectivity index (χ0) is 13.8. The predicted octanol–water partition coefficient (Wildman–Crippen LogP) is 4.97. The van der Waals surface area contributed by atoms with Crippen LogP contribution in [-0.4, -0.2) is 6.54 Å². The van der Waals surface area contributed by atoms with E-state index in [-0.39, 0.29) is 6.04 Å². The minimum atomic E-state index is 0.248. The molecule has 0 aliphatic rings. The molecule has 0 saturated heterocycles. The van der Waals surface area contributed by atoms with Gasteiger partial charge in [-0.1, -0.05) is 49.7 Å². The minimum absolute atomic E-state index is 0.248. The highest BCUT2D eigenvalue weighted by Gasteiger charge is 2.18. The summed E-state index contributed by atoms with van der Waals surface area (Å²) in [7, 11) is 0. The predicted molar refractivity (Wildman–Crippen MR) is 85.4 cm³/mol. The average Bonchev–Trinajstić information content (AvgIpc) is 2.76. The maximum Gasteiger partial charge on any atom is 0.0961 e. The van der Waals surface area contributed by atoms with Crippen LogP contribution >= 0.6 is 22.9 Å². The van der Waals surface area contributed by atoms with Crippen molar-refractivity contribution >= 4 is 22.9 Å². The summed E-state index contributed by atoms with van der Waals surface area (Å²) in [5.74, 6) is 0. The number of rotatable bonds is 5. The van der Waals surface area contributed by atoms with Crippen LogP contribution in [0.1, 0.15) is 41.5 Å². The monoisotopic (exact) mass is 293 g/mol. The molecule has 1 nitrogen and oxygen atoms in total. The SMILES string of the molecule is CCNC(c1cc(C)c(Cl)s1)c1ccccc1CC. The molecule has 0 aliphatic heterocycles. The summed E-state index contributed by atoms with van der Waals surface area (Å²) in [5.41, 5.74) is 3.93. The van der Waals surface area contributed by atoms with Crippen molar-refractivity contribution in [3.05, 3.63) is 56.2 Å². The fraction of sp³-hybridized carbons (Fsp3) is 0.375. The molecule has 0 bridgehead atoms. The Bertz CT molecular complexity index is 528. The van der Waals surface area contributed by atoms with Crippen LogP contribution in [-0.2, 0) is 6.42 Å². The number of benzene rings is 1. The second-order valence-corrected chi connectivity index (χ2v) is 6.33. The molecular formula is C16H20ClNS. The zero-order valence-electron chi connectivity index (χ0n) is 11.7. The van der Waals surface area contributed by atoms with Gasteiger partial charge in [0.05, 0.1) is 10.4 Å². The number of nitrogens with one attached hydrogen (secondary N) is 1. The first-order chi connectivity index (χ1) is 9.17. The molecule has 0 radical (unpaired) electrons. The molecule has 19 heavy (non-hydrogen) atoms. The third-order valence-corrected chi connectivity index (χ3v) is 4.94. The van der Waals surface area contributed by atoms with Crippen LogP contribution < -0.4 is 5.32 Å². The molecule has 1 N–H and O–H groups in total. The molecule has 1 aromatic heterocycles. The molecule has 1 atom stereocenters. The van der Waals surface area contributed by atoms with Crippen LogP contribution in [0.25, 0.3) is 0 Å². The number of thiophene rings is 1.